The second kappa shape index (κ2) is 13.9. The fourth-order valence-corrected chi connectivity index (χ4v) is 7.90. The number of likely N-dealkylation sites (N-methyl/N-ethyl adjacent to an activating group) is 1. The third-order valence-electron chi connectivity index (χ3n) is 11.4. The molecular formula is C38H45F2N7O5. The summed E-state index contributed by atoms with van der Waals surface area (Å²) in [6, 6.07) is 8.17. The van der Waals surface area contributed by atoms with Crippen LogP contribution in [0.25, 0.3) is 0 Å². The third kappa shape index (κ3) is 6.64. The van der Waals surface area contributed by atoms with E-state index in [1.165, 1.54) is 35.1 Å². The second-order valence-electron chi connectivity index (χ2n) is 14.6. The predicted molar refractivity (Wildman–Crippen MR) is 188 cm³/mol. The van der Waals surface area contributed by atoms with Crippen molar-refractivity contribution in [1.82, 2.24) is 30.2 Å². The number of carbonyl (C=O) groups excluding carboxylic acids is 4. The molecule has 0 radical (unpaired) electrons. The van der Waals surface area contributed by atoms with Crippen LogP contribution in [0.5, 0.6) is 5.75 Å². The maximum Gasteiger partial charge on any atom is 0.270 e. The minimum Gasteiger partial charge on any atom is -0.493 e. The van der Waals surface area contributed by atoms with Crippen LogP contribution in [0, 0.1) is 17.0 Å². The molecule has 3 N–H and O–H groups in total. The van der Waals surface area contributed by atoms with E-state index in [9.17, 15) is 23.6 Å². The van der Waals surface area contributed by atoms with Crippen molar-refractivity contribution in [3.05, 3.63) is 77.1 Å². The summed E-state index contributed by atoms with van der Waals surface area (Å²) < 4.78 is 37.9. The van der Waals surface area contributed by atoms with Gasteiger partial charge in [-0.05, 0) is 69.5 Å². The summed E-state index contributed by atoms with van der Waals surface area (Å²) in [6.07, 6.45) is 4.34. The topological polar surface area (TPSA) is 138 Å². The summed E-state index contributed by atoms with van der Waals surface area (Å²) in [5.41, 5.74) is 0.0522. The average molecular weight is 718 g/mol. The number of halogens is 2. The van der Waals surface area contributed by atoms with E-state index in [0.29, 0.717) is 49.4 Å². The van der Waals surface area contributed by atoms with E-state index in [2.05, 4.69) is 25.9 Å². The Labute approximate surface area is 301 Å². The van der Waals surface area contributed by atoms with E-state index >= 15 is 4.39 Å². The molecule has 3 aromatic rings. The highest BCUT2D eigenvalue weighted by Crippen LogP contribution is 2.61. The van der Waals surface area contributed by atoms with Crippen LogP contribution in [0.4, 0.5) is 14.5 Å². The molecule has 3 atom stereocenters. The summed E-state index contributed by atoms with van der Waals surface area (Å²) in [5.74, 6) is -3.10. The lowest BCUT2D eigenvalue weighted by molar-refractivity contribution is -0.138. The zero-order valence-electron chi connectivity index (χ0n) is 29.7. The van der Waals surface area contributed by atoms with Crippen LogP contribution in [0.2, 0.25) is 0 Å². The van der Waals surface area contributed by atoms with Crippen molar-refractivity contribution in [2.75, 3.05) is 45.2 Å². The van der Waals surface area contributed by atoms with E-state index in [1.54, 1.807) is 30.0 Å². The Morgan fingerprint density at radius 2 is 1.71 bits per heavy atom. The van der Waals surface area contributed by atoms with Gasteiger partial charge < -0.3 is 30.5 Å². The summed E-state index contributed by atoms with van der Waals surface area (Å²) in [6.45, 7) is 6.75. The summed E-state index contributed by atoms with van der Waals surface area (Å²) in [7, 11) is 2.00. The van der Waals surface area contributed by atoms with Gasteiger partial charge in [0, 0.05) is 73.7 Å². The van der Waals surface area contributed by atoms with Gasteiger partial charge in [0.2, 0.25) is 17.7 Å². The smallest absolute Gasteiger partial charge is 0.270 e. The van der Waals surface area contributed by atoms with Gasteiger partial charge >= 0.3 is 0 Å². The lowest BCUT2D eigenvalue weighted by Crippen LogP contribution is -2.58. The fourth-order valence-electron chi connectivity index (χ4n) is 7.90. The van der Waals surface area contributed by atoms with Crippen LogP contribution in [-0.2, 0) is 26.3 Å². The van der Waals surface area contributed by atoms with Crippen molar-refractivity contribution in [1.29, 1.82) is 0 Å². The SMILES string of the molecule is CCC(=O)N[C@@H](C(=O)N1CCN(C)CC1)C1(c2ccc(NC(=O)[C@@H](NC(=O)c3ccnn3CC)[C@@H]3c4ccc(F)cc4OCC34CC4)c(F)c2)CC1. The van der Waals surface area contributed by atoms with Gasteiger partial charge in [0.05, 0.1) is 12.3 Å². The first kappa shape index (κ1) is 35.5. The van der Waals surface area contributed by atoms with Crippen molar-refractivity contribution < 1.29 is 32.7 Å². The minimum atomic E-state index is -1.17. The lowest BCUT2D eigenvalue weighted by Gasteiger charge is -2.38. The van der Waals surface area contributed by atoms with Crippen molar-refractivity contribution in [3.8, 4) is 5.75 Å². The van der Waals surface area contributed by atoms with Gasteiger partial charge in [0.25, 0.3) is 5.91 Å². The minimum absolute atomic E-state index is 0.0989. The Bertz CT molecular complexity index is 1880. The van der Waals surface area contributed by atoms with E-state index < -0.39 is 52.3 Å². The maximum absolute atomic E-state index is 16.1. The van der Waals surface area contributed by atoms with Crippen molar-refractivity contribution in [2.45, 2.75) is 75.9 Å². The molecule has 52 heavy (non-hydrogen) atoms. The van der Waals surface area contributed by atoms with E-state index in [-0.39, 0.29) is 36.2 Å². The number of rotatable bonds is 11. The highest BCUT2D eigenvalue weighted by Gasteiger charge is 2.58. The predicted octanol–water partition coefficient (Wildman–Crippen LogP) is 3.58. The molecule has 1 aromatic heterocycles. The number of benzene rings is 2. The molecule has 3 heterocycles. The standard InChI is InChI=1S/C38H45F2N7O5/c1-4-30(48)43-33(36(51)46-18-16-45(3)17-19-46)38(13-14-38)23-6-9-27(26(40)20-23)42-35(50)32(44-34(49)28-10-15-41-47(28)5-2)31-25-8-7-24(39)21-29(25)52-22-37(31)11-12-37/h6-10,15,20-21,31-33H,4-5,11-14,16-19,22H2,1-3H3,(H,42,50)(H,43,48)(H,44,49)/t31-,32-,33-/m0/s1. The van der Waals surface area contributed by atoms with Crippen LogP contribution < -0.4 is 20.7 Å². The van der Waals surface area contributed by atoms with Crippen molar-refractivity contribution in [2.24, 2.45) is 5.41 Å². The Morgan fingerprint density at radius 1 is 0.962 bits per heavy atom. The molecule has 14 heteroatoms. The summed E-state index contributed by atoms with van der Waals surface area (Å²) in [5, 5.41) is 12.8. The fraction of sp³-hybridized carbons (Fsp3) is 0.500. The molecule has 2 aromatic carbocycles. The lowest BCUT2D eigenvalue weighted by atomic mass is 9.75. The molecule has 3 fully saturated rings. The van der Waals surface area contributed by atoms with Gasteiger partial charge in [-0.3, -0.25) is 23.9 Å². The molecule has 276 valence electrons. The summed E-state index contributed by atoms with van der Waals surface area (Å²) >= 11 is 0. The largest absolute Gasteiger partial charge is 0.493 e. The number of amides is 4. The number of nitrogens with one attached hydrogen (secondary N) is 3. The molecule has 7 rings (SSSR count). The first-order chi connectivity index (χ1) is 25.0. The number of carbonyl (C=O) groups is 4. The number of nitrogens with zero attached hydrogens (tertiary/aromatic N) is 4. The highest BCUT2D eigenvalue weighted by molar-refractivity contribution is 6.01. The number of anilines is 1. The zero-order valence-corrected chi connectivity index (χ0v) is 29.7. The van der Waals surface area contributed by atoms with Gasteiger partial charge in [0.1, 0.15) is 35.2 Å². The number of hydrogen-bond donors (Lipinski definition) is 3. The Morgan fingerprint density at radius 3 is 2.37 bits per heavy atom. The van der Waals surface area contributed by atoms with Crippen LogP contribution >= 0.6 is 0 Å². The van der Waals surface area contributed by atoms with Crippen LogP contribution in [-0.4, -0.2) is 95.1 Å². The van der Waals surface area contributed by atoms with Gasteiger partial charge in [-0.1, -0.05) is 19.1 Å². The molecule has 2 saturated carbocycles. The number of aryl methyl sites for hydroxylation is 1. The normalized spacial score (nSPS) is 20.9. The molecule has 4 amide bonds. The Hall–Kier alpha value is -4.85. The zero-order chi connectivity index (χ0) is 36.8. The number of ether oxygens (including phenoxy) is 1. The van der Waals surface area contributed by atoms with Gasteiger partial charge in [0.15, 0.2) is 0 Å². The quantitative estimate of drug-likeness (QED) is 0.276. The molecule has 2 aliphatic heterocycles. The van der Waals surface area contributed by atoms with E-state index in [0.717, 1.165) is 25.9 Å². The average Bonchev–Trinajstić information content (AvgIpc) is 4.06. The molecular weight excluding hydrogens is 672 g/mol. The number of hydrogen-bond acceptors (Lipinski definition) is 7. The van der Waals surface area contributed by atoms with Crippen LogP contribution in [0.15, 0.2) is 48.7 Å². The van der Waals surface area contributed by atoms with Gasteiger partial charge in [-0.15, -0.1) is 0 Å². The second-order valence-corrected chi connectivity index (χ2v) is 14.6. The van der Waals surface area contributed by atoms with Crippen molar-refractivity contribution >= 4 is 29.3 Å². The maximum atomic E-state index is 16.1. The third-order valence-corrected chi connectivity index (χ3v) is 11.4. The monoisotopic (exact) mass is 717 g/mol. The first-order valence-electron chi connectivity index (χ1n) is 18.1. The molecule has 12 nitrogen and oxygen atoms in total. The molecule has 0 unspecified atom stereocenters. The summed E-state index contributed by atoms with van der Waals surface area (Å²) in [4.78, 5) is 58.5. The van der Waals surface area contributed by atoms with E-state index in [1.807, 2.05) is 14.0 Å². The van der Waals surface area contributed by atoms with Gasteiger partial charge in [-0.25, -0.2) is 8.78 Å². The molecule has 1 spiro atoms. The number of aromatic nitrogens is 2. The van der Waals surface area contributed by atoms with Gasteiger partial charge in [-0.2, -0.15) is 5.10 Å². The number of fused-ring (bicyclic) bond motifs is 1. The first-order valence-corrected chi connectivity index (χ1v) is 18.1. The van der Waals surface area contributed by atoms with E-state index in [4.69, 9.17) is 4.74 Å². The molecule has 2 aliphatic carbocycles. The van der Waals surface area contributed by atoms with Crippen LogP contribution in [0.3, 0.4) is 0 Å². The molecule has 0 bridgehead atoms. The molecule has 1 saturated heterocycles. The van der Waals surface area contributed by atoms with Crippen molar-refractivity contribution in [3.63, 3.8) is 0 Å². The number of piperazine rings is 1. The highest BCUT2D eigenvalue weighted by atomic mass is 19.1. The molecule has 4 aliphatic rings. The Kier molecular flexibility index (Phi) is 9.53. The Balaban J connectivity index is 1.18. The van der Waals surface area contributed by atoms with Crippen LogP contribution in [0.1, 0.15) is 73.5 Å².